The highest BCUT2D eigenvalue weighted by Gasteiger charge is 2.37. The van der Waals surface area contributed by atoms with E-state index in [9.17, 15) is 14.5 Å². The topological polar surface area (TPSA) is 127 Å². The molecule has 0 saturated carbocycles. The van der Waals surface area contributed by atoms with Gasteiger partial charge in [-0.3, -0.25) is 13.8 Å². The van der Waals surface area contributed by atoms with Gasteiger partial charge in [-0.2, -0.15) is 0 Å². The lowest BCUT2D eigenvalue weighted by Crippen LogP contribution is -2.33. The summed E-state index contributed by atoms with van der Waals surface area (Å²) >= 11 is 0. The molecule has 29 heavy (non-hydrogen) atoms. The molecule has 1 unspecified atom stereocenters. The first-order valence-corrected chi connectivity index (χ1v) is 10.5. The normalized spacial score (nSPS) is 13.8. The summed E-state index contributed by atoms with van der Waals surface area (Å²) in [6, 6.07) is 3.64. The maximum absolute atomic E-state index is 13.0. The van der Waals surface area contributed by atoms with Gasteiger partial charge in [0.15, 0.2) is 11.5 Å². The van der Waals surface area contributed by atoms with E-state index in [2.05, 4.69) is 4.74 Å². The van der Waals surface area contributed by atoms with Crippen LogP contribution in [0.15, 0.2) is 18.2 Å². The van der Waals surface area contributed by atoms with Gasteiger partial charge in [0.25, 0.3) is 0 Å². The number of aromatic hydroxyl groups is 1. The number of carbonyl (C=O) groups excluding carboxylic acids is 1. The monoisotopic (exact) mass is 433 g/mol. The predicted octanol–water partition coefficient (Wildman–Crippen LogP) is 3.53. The summed E-state index contributed by atoms with van der Waals surface area (Å²) in [6.07, 6.45) is 0.183. The Labute approximate surface area is 172 Å². The van der Waals surface area contributed by atoms with Gasteiger partial charge < -0.3 is 20.3 Å². The maximum atomic E-state index is 13.0. The third-order valence-electron chi connectivity index (χ3n) is 3.18. The second-order valence-corrected chi connectivity index (χ2v) is 9.90. The van der Waals surface area contributed by atoms with Crippen LogP contribution < -0.4 is 10.5 Å². The molecule has 0 aromatic heterocycles. The highest BCUT2D eigenvalue weighted by atomic mass is 31.2. The molecule has 1 rings (SSSR count). The van der Waals surface area contributed by atoms with E-state index in [4.69, 9.17) is 24.0 Å². The van der Waals surface area contributed by atoms with Gasteiger partial charge in [0.1, 0.15) is 6.04 Å². The maximum Gasteiger partial charge on any atom is 0.478 e. The minimum atomic E-state index is -3.95. The van der Waals surface area contributed by atoms with Crippen molar-refractivity contribution < 1.29 is 37.5 Å². The van der Waals surface area contributed by atoms with Crippen LogP contribution in [0, 0.1) is 0 Å². The molecule has 166 valence electrons. The van der Waals surface area contributed by atoms with E-state index in [0.717, 1.165) is 0 Å². The zero-order valence-corrected chi connectivity index (χ0v) is 18.9. The van der Waals surface area contributed by atoms with Gasteiger partial charge in [0.05, 0.1) is 18.3 Å². The van der Waals surface area contributed by atoms with Crippen molar-refractivity contribution in [3.8, 4) is 11.5 Å². The van der Waals surface area contributed by atoms with Crippen LogP contribution in [0.5, 0.6) is 11.5 Å². The van der Waals surface area contributed by atoms with Crippen molar-refractivity contribution in [2.24, 2.45) is 5.73 Å². The van der Waals surface area contributed by atoms with Crippen LogP contribution in [0.4, 0.5) is 0 Å². The van der Waals surface area contributed by atoms with Crippen molar-refractivity contribution >= 4 is 13.8 Å². The molecule has 10 heteroatoms. The number of ether oxygens (including phenoxy) is 2. The van der Waals surface area contributed by atoms with Crippen molar-refractivity contribution in [3.63, 3.8) is 0 Å². The summed E-state index contributed by atoms with van der Waals surface area (Å²) in [5.74, 6) is -0.645. The average Bonchev–Trinajstić information content (AvgIpc) is 2.53. The molecule has 0 aliphatic rings. The highest BCUT2D eigenvalue weighted by molar-refractivity contribution is 7.48. The van der Waals surface area contributed by atoms with Crippen LogP contribution in [-0.2, 0) is 34.1 Å². The second-order valence-electron chi connectivity index (χ2n) is 8.38. The molecule has 1 aromatic rings. The third-order valence-corrected chi connectivity index (χ3v) is 5.14. The fourth-order valence-electron chi connectivity index (χ4n) is 2.19. The standard InChI is InChI=1S/C19H32NO8P/c1-18(2,3)27-29(23,28-19(4,5)6)26-12-25-16-11-13(8-9-15(16)21)10-14(20)17(22)24-7/h8-9,11,14,21H,10,12,20H2,1-7H3. The minimum Gasteiger partial charge on any atom is -0.504 e. The fourth-order valence-corrected chi connectivity index (χ4v) is 3.85. The fraction of sp³-hybridized carbons (Fsp3) is 0.632. The van der Waals surface area contributed by atoms with E-state index >= 15 is 0 Å². The minimum absolute atomic E-state index is 0.0673. The number of phenols is 1. The molecule has 3 N–H and O–H groups in total. The van der Waals surface area contributed by atoms with E-state index < -0.39 is 37.8 Å². The summed E-state index contributed by atoms with van der Waals surface area (Å²) in [5.41, 5.74) is 4.82. The number of methoxy groups -OCH3 is 1. The van der Waals surface area contributed by atoms with Crippen LogP contribution in [0.1, 0.15) is 47.1 Å². The van der Waals surface area contributed by atoms with E-state index in [1.807, 2.05) is 0 Å². The molecule has 9 nitrogen and oxygen atoms in total. The molecule has 0 bridgehead atoms. The number of carbonyl (C=O) groups is 1. The summed E-state index contributed by atoms with van der Waals surface area (Å²) in [6.45, 7) is 9.81. The Morgan fingerprint density at radius 2 is 1.69 bits per heavy atom. The molecule has 1 atom stereocenters. The number of phosphoric acid groups is 1. The van der Waals surface area contributed by atoms with E-state index in [-0.39, 0.29) is 17.9 Å². The van der Waals surface area contributed by atoms with Crippen LogP contribution in [0.25, 0.3) is 0 Å². The molecular formula is C19H32NO8P. The van der Waals surface area contributed by atoms with Crippen LogP contribution in [0.3, 0.4) is 0 Å². The zero-order valence-electron chi connectivity index (χ0n) is 18.1. The number of hydrogen-bond donors (Lipinski definition) is 2. The van der Waals surface area contributed by atoms with Crippen molar-refractivity contribution in [1.29, 1.82) is 0 Å². The molecular weight excluding hydrogens is 401 g/mol. The quantitative estimate of drug-likeness (QED) is 0.341. The van der Waals surface area contributed by atoms with Gasteiger partial charge in [-0.25, -0.2) is 9.09 Å². The Hall–Kier alpha value is -1.64. The molecule has 0 saturated heterocycles. The van der Waals surface area contributed by atoms with E-state index in [0.29, 0.717) is 5.56 Å². The van der Waals surface area contributed by atoms with Crippen LogP contribution in [-0.4, -0.2) is 42.2 Å². The number of phenolic OH excluding ortho intramolecular Hbond substituents is 1. The van der Waals surface area contributed by atoms with Crippen molar-refractivity contribution in [2.75, 3.05) is 13.9 Å². The summed E-state index contributed by atoms with van der Waals surface area (Å²) in [4.78, 5) is 11.5. The Morgan fingerprint density at radius 3 is 2.17 bits per heavy atom. The van der Waals surface area contributed by atoms with E-state index in [1.54, 1.807) is 47.6 Å². The molecule has 0 spiro atoms. The first-order valence-electron chi connectivity index (χ1n) is 9.08. The van der Waals surface area contributed by atoms with Crippen molar-refractivity contribution in [2.45, 2.75) is 65.2 Å². The number of benzene rings is 1. The van der Waals surface area contributed by atoms with Gasteiger partial charge in [0.2, 0.25) is 6.79 Å². The Balaban J connectivity index is 2.85. The Morgan fingerprint density at radius 1 is 1.14 bits per heavy atom. The number of hydrogen-bond acceptors (Lipinski definition) is 9. The van der Waals surface area contributed by atoms with Gasteiger partial charge in [0, 0.05) is 0 Å². The predicted molar refractivity (Wildman–Crippen MR) is 108 cm³/mol. The van der Waals surface area contributed by atoms with Gasteiger partial charge >= 0.3 is 13.8 Å². The second kappa shape index (κ2) is 9.91. The number of nitrogens with two attached hydrogens (primary N) is 1. The Kier molecular flexibility index (Phi) is 8.68. The molecule has 0 amide bonds. The lowest BCUT2D eigenvalue weighted by molar-refractivity contribution is -0.142. The Bertz CT molecular complexity index is 719. The van der Waals surface area contributed by atoms with Crippen molar-refractivity contribution in [3.05, 3.63) is 23.8 Å². The number of phosphoric ester groups is 1. The molecule has 0 radical (unpaired) electrons. The van der Waals surface area contributed by atoms with Crippen molar-refractivity contribution in [1.82, 2.24) is 0 Å². The van der Waals surface area contributed by atoms with Crippen LogP contribution in [0.2, 0.25) is 0 Å². The largest absolute Gasteiger partial charge is 0.504 e. The van der Waals surface area contributed by atoms with Gasteiger partial charge in [-0.15, -0.1) is 0 Å². The number of esters is 1. The lowest BCUT2D eigenvalue weighted by atomic mass is 10.1. The first-order chi connectivity index (χ1) is 13.1. The van der Waals surface area contributed by atoms with Gasteiger partial charge in [-0.05, 0) is 65.7 Å². The first kappa shape index (κ1) is 25.4. The molecule has 0 fully saturated rings. The SMILES string of the molecule is COC(=O)C(N)Cc1ccc(O)c(OCOP(=O)(OC(C)(C)C)OC(C)(C)C)c1. The van der Waals surface area contributed by atoms with E-state index in [1.165, 1.54) is 19.2 Å². The third kappa shape index (κ3) is 9.60. The smallest absolute Gasteiger partial charge is 0.478 e. The highest BCUT2D eigenvalue weighted by Crippen LogP contribution is 2.55. The zero-order chi connectivity index (χ0) is 22.5. The van der Waals surface area contributed by atoms with Crippen LogP contribution >= 0.6 is 7.82 Å². The summed E-state index contributed by atoms with van der Waals surface area (Å²) < 4.78 is 39.2. The summed E-state index contributed by atoms with van der Waals surface area (Å²) in [5, 5.41) is 9.99. The van der Waals surface area contributed by atoms with Gasteiger partial charge in [-0.1, -0.05) is 6.07 Å². The molecule has 0 aliphatic heterocycles. The number of rotatable bonds is 9. The average molecular weight is 433 g/mol. The molecule has 0 aliphatic carbocycles. The summed E-state index contributed by atoms with van der Waals surface area (Å²) in [7, 11) is -2.70. The molecule has 0 heterocycles. The molecule has 1 aromatic carbocycles. The lowest BCUT2D eigenvalue weighted by Gasteiger charge is -2.30.